The number of amides is 1. The molecule has 1 amide bonds. The summed E-state index contributed by atoms with van der Waals surface area (Å²) in [5.74, 6) is 0.442. The molecule has 1 saturated heterocycles. The largest absolute Gasteiger partial charge is 0.497 e. The van der Waals surface area contributed by atoms with E-state index in [0.717, 1.165) is 25.9 Å². The van der Waals surface area contributed by atoms with Crippen LogP contribution in [0, 0.1) is 0 Å². The highest BCUT2D eigenvalue weighted by atomic mass is 32.2. The van der Waals surface area contributed by atoms with E-state index in [1.807, 2.05) is 0 Å². The van der Waals surface area contributed by atoms with Gasteiger partial charge in [-0.2, -0.15) is 0 Å². The molecule has 3 rings (SSSR count). The maximum absolute atomic E-state index is 12.5. The zero-order valence-corrected chi connectivity index (χ0v) is 15.9. The molecule has 0 saturated carbocycles. The van der Waals surface area contributed by atoms with Crippen molar-refractivity contribution in [3.05, 3.63) is 54.1 Å². The Morgan fingerprint density at radius 1 is 1.11 bits per heavy atom. The lowest BCUT2D eigenvalue weighted by atomic mass is 10.1. The lowest BCUT2D eigenvalue weighted by Gasteiger charge is -2.23. The van der Waals surface area contributed by atoms with Gasteiger partial charge in [-0.25, -0.2) is 8.42 Å². The number of rotatable bonds is 6. The number of carbonyl (C=O) groups excluding carboxylic acids is 1. The van der Waals surface area contributed by atoms with Gasteiger partial charge in [-0.3, -0.25) is 9.52 Å². The second kappa shape index (κ2) is 8.41. The molecule has 7 nitrogen and oxygen atoms in total. The third-order valence-corrected chi connectivity index (χ3v) is 5.80. The fourth-order valence-electron chi connectivity index (χ4n) is 2.90. The van der Waals surface area contributed by atoms with Crippen LogP contribution in [0.5, 0.6) is 5.75 Å². The van der Waals surface area contributed by atoms with Crippen molar-refractivity contribution in [3.8, 4) is 5.75 Å². The minimum Gasteiger partial charge on any atom is -0.497 e. The van der Waals surface area contributed by atoms with Gasteiger partial charge >= 0.3 is 0 Å². The van der Waals surface area contributed by atoms with Gasteiger partial charge in [0.05, 0.1) is 12.0 Å². The van der Waals surface area contributed by atoms with E-state index >= 15 is 0 Å². The van der Waals surface area contributed by atoms with Gasteiger partial charge in [0, 0.05) is 23.8 Å². The Bertz CT molecular complexity index is 874. The lowest BCUT2D eigenvalue weighted by Crippen LogP contribution is -2.45. The number of carbonyl (C=O) groups is 1. The van der Waals surface area contributed by atoms with Gasteiger partial charge in [-0.15, -0.1) is 0 Å². The van der Waals surface area contributed by atoms with Gasteiger partial charge in [0.25, 0.3) is 15.9 Å². The van der Waals surface area contributed by atoms with E-state index < -0.39 is 10.0 Å². The van der Waals surface area contributed by atoms with Gasteiger partial charge in [0.15, 0.2) is 0 Å². The molecule has 1 fully saturated rings. The Labute approximate surface area is 159 Å². The standard InChI is InChI=1S/C19H23N3O4S/c1-26-17-8-6-15(7-9-17)22-27(24,25)18-10-4-14(5-11-18)19(23)21-16-3-2-12-20-13-16/h4-11,16,20,22H,2-3,12-13H2,1H3,(H,21,23)/t16-/m0/s1. The molecule has 144 valence electrons. The van der Waals surface area contributed by atoms with Crippen LogP contribution in [-0.4, -0.2) is 40.6 Å². The molecule has 2 aromatic carbocycles. The number of hydrogen-bond donors (Lipinski definition) is 3. The molecular formula is C19H23N3O4S. The van der Waals surface area contributed by atoms with E-state index in [0.29, 0.717) is 17.0 Å². The first-order valence-corrected chi connectivity index (χ1v) is 10.2. The molecule has 0 unspecified atom stereocenters. The molecule has 0 aliphatic carbocycles. The molecule has 0 bridgehead atoms. The molecule has 1 atom stereocenters. The van der Waals surface area contributed by atoms with Gasteiger partial charge < -0.3 is 15.4 Å². The van der Waals surface area contributed by atoms with Gasteiger partial charge in [-0.1, -0.05) is 0 Å². The molecule has 3 N–H and O–H groups in total. The van der Waals surface area contributed by atoms with E-state index in [1.165, 1.54) is 24.3 Å². The van der Waals surface area contributed by atoms with Crippen LogP contribution < -0.4 is 20.1 Å². The molecule has 2 aromatic rings. The van der Waals surface area contributed by atoms with E-state index in [-0.39, 0.29) is 16.8 Å². The number of methoxy groups -OCH3 is 1. The van der Waals surface area contributed by atoms with Crippen molar-refractivity contribution in [2.75, 3.05) is 24.9 Å². The monoisotopic (exact) mass is 389 g/mol. The highest BCUT2D eigenvalue weighted by Crippen LogP contribution is 2.19. The maximum atomic E-state index is 12.5. The first-order valence-electron chi connectivity index (χ1n) is 8.76. The Kier molecular flexibility index (Phi) is 5.98. The molecule has 1 aliphatic heterocycles. The van der Waals surface area contributed by atoms with Gasteiger partial charge in [-0.05, 0) is 67.9 Å². The summed E-state index contributed by atoms with van der Waals surface area (Å²) < 4.78 is 32.6. The number of hydrogen-bond acceptors (Lipinski definition) is 5. The Hall–Kier alpha value is -2.58. The summed E-state index contributed by atoms with van der Waals surface area (Å²) in [7, 11) is -2.19. The van der Waals surface area contributed by atoms with E-state index in [9.17, 15) is 13.2 Å². The topological polar surface area (TPSA) is 96.5 Å². The van der Waals surface area contributed by atoms with Crippen molar-refractivity contribution < 1.29 is 17.9 Å². The smallest absolute Gasteiger partial charge is 0.261 e. The van der Waals surface area contributed by atoms with Crippen molar-refractivity contribution in [3.63, 3.8) is 0 Å². The highest BCUT2D eigenvalue weighted by Gasteiger charge is 2.18. The molecule has 0 aromatic heterocycles. The third-order valence-electron chi connectivity index (χ3n) is 4.40. The Morgan fingerprint density at radius 2 is 1.81 bits per heavy atom. The lowest BCUT2D eigenvalue weighted by molar-refractivity contribution is 0.0930. The summed E-state index contributed by atoms with van der Waals surface area (Å²) in [4.78, 5) is 12.4. The van der Waals surface area contributed by atoms with Crippen molar-refractivity contribution >= 4 is 21.6 Å². The predicted octanol–water partition coefficient (Wildman–Crippen LogP) is 1.98. The molecule has 1 heterocycles. The zero-order valence-electron chi connectivity index (χ0n) is 15.1. The van der Waals surface area contributed by atoms with E-state index in [2.05, 4.69) is 15.4 Å². The normalized spacial score (nSPS) is 17.1. The first-order chi connectivity index (χ1) is 13.0. The molecule has 27 heavy (non-hydrogen) atoms. The van der Waals surface area contributed by atoms with Crippen LogP contribution in [-0.2, 0) is 10.0 Å². The summed E-state index contributed by atoms with van der Waals surface area (Å²) in [6.45, 7) is 1.73. The van der Waals surface area contributed by atoms with Crippen LogP contribution in [0.1, 0.15) is 23.2 Å². The van der Waals surface area contributed by atoms with Gasteiger partial charge in [0.1, 0.15) is 5.75 Å². The van der Waals surface area contributed by atoms with E-state index in [1.54, 1.807) is 31.4 Å². The number of piperidine rings is 1. The fourth-order valence-corrected chi connectivity index (χ4v) is 3.96. The van der Waals surface area contributed by atoms with E-state index in [4.69, 9.17) is 4.74 Å². The fraction of sp³-hybridized carbons (Fsp3) is 0.316. The van der Waals surface area contributed by atoms with Crippen LogP contribution in [0.15, 0.2) is 53.4 Å². The summed E-state index contributed by atoms with van der Waals surface area (Å²) in [5.41, 5.74) is 0.867. The molecule has 1 aliphatic rings. The van der Waals surface area contributed by atoms with Crippen LogP contribution in [0.2, 0.25) is 0 Å². The number of anilines is 1. The van der Waals surface area contributed by atoms with Crippen LogP contribution in [0.3, 0.4) is 0 Å². The molecular weight excluding hydrogens is 366 g/mol. The third kappa shape index (κ3) is 4.99. The molecule has 0 spiro atoms. The molecule has 8 heteroatoms. The number of sulfonamides is 1. The zero-order chi connectivity index (χ0) is 19.3. The van der Waals surface area contributed by atoms with Crippen molar-refractivity contribution in [2.24, 2.45) is 0 Å². The average Bonchev–Trinajstić information content (AvgIpc) is 2.69. The summed E-state index contributed by atoms with van der Waals surface area (Å²) in [5, 5.41) is 6.21. The van der Waals surface area contributed by atoms with Crippen LogP contribution >= 0.6 is 0 Å². The van der Waals surface area contributed by atoms with Crippen LogP contribution in [0.25, 0.3) is 0 Å². The first kappa shape index (κ1) is 19.2. The number of ether oxygens (including phenoxy) is 1. The number of benzene rings is 2. The minimum atomic E-state index is -3.74. The second-order valence-electron chi connectivity index (χ2n) is 6.38. The Morgan fingerprint density at radius 3 is 2.41 bits per heavy atom. The quantitative estimate of drug-likeness (QED) is 0.702. The maximum Gasteiger partial charge on any atom is 0.261 e. The Balaban J connectivity index is 1.66. The second-order valence-corrected chi connectivity index (χ2v) is 8.06. The van der Waals surface area contributed by atoms with Crippen molar-refractivity contribution in [2.45, 2.75) is 23.8 Å². The summed E-state index contributed by atoms with van der Waals surface area (Å²) in [6, 6.07) is 12.6. The predicted molar refractivity (Wildman–Crippen MR) is 104 cm³/mol. The minimum absolute atomic E-state index is 0.0919. The number of nitrogens with one attached hydrogen (secondary N) is 3. The average molecular weight is 389 g/mol. The summed E-state index contributed by atoms with van der Waals surface area (Å²) in [6.07, 6.45) is 1.97. The summed E-state index contributed by atoms with van der Waals surface area (Å²) >= 11 is 0. The van der Waals surface area contributed by atoms with Crippen molar-refractivity contribution in [1.29, 1.82) is 0 Å². The van der Waals surface area contributed by atoms with Gasteiger partial charge in [0.2, 0.25) is 0 Å². The SMILES string of the molecule is COc1ccc(NS(=O)(=O)c2ccc(C(=O)N[C@H]3CCCNC3)cc2)cc1. The van der Waals surface area contributed by atoms with Crippen molar-refractivity contribution in [1.82, 2.24) is 10.6 Å². The highest BCUT2D eigenvalue weighted by molar-refractivity contribution is 7.92. The molecule has 0 radical (unpaired) electrons. The van der Waals surface area contributed by atoms with Crippen LogP contribution in [0.4, 0.5) is 5.69 Å².